The Bertz CT molecular complexity index is 2660. The molecule has 18 heteroatoms. The van der Waals surface area contributed by atoms with E-state index in [4.69, 9.17) is 10.4 Å². The normalized spacial score (nSPS) is 16.1. The third-order valence-corrected chi connectivity index (χ3v) is 12.8. The van der Waals surface area contributed by atoms with E-state index in [1.807, 2.05) is 52.0 Å². The van der Waals surface area contributed by atoms with Crippen LogP contribution >= 0.6 is 0 Å². The zero-order valence-electron chi connectivity index (χ0n) is 39.9. The van der Waals surface area contributed by atoms with Gasteiger partial charge in [0.25, 0.3) is 23.3 Å². The number of nitrogens with zero attached hydrogens (tertiary/aromatic N) is 4. The summed E-state index contributed by atoms with van der Waals surface area (Å²) in [5, 5.41) is 23.0. The van der Waals surface area contributed by atoms with Gasteiger partial charge in [0.05, 0.1) is 16.7 Å². The molecule has 0 bridgehead atoms. The minimum atomic E-state index is -1.00. The van der Waals surface area contributed by atoms with Crippen molar-refractivity contribution >= 4 is 58.9 Å². The number of anilines is 3. The molecule has 364 valence electrons. The number of piperidine rings is 1. The van der Waals surface area contributed by atoms with Crippen LogP contribution in [0.2, 0.25) is 0 Å². The molecule has 6 amide bonds. The SMILES string of the molecule is Cc1cc(C)c(CNC(=O)c2cc(-c3ccc(N4CCN(CCC(=O)NCCCCCCCNc5cccc6c5C(=O)N(C5CCC(=O)NC5=O)C6=O)CC4)nc3)cc(NC(C)C)c2C=N)c(=O)[nH]1. The van der Waals surface area contributed by atoms with Crippen LogP contribution in [-0.2, 0) is 20.9 Å². The van der Waals surface area contributed by atoms with Crippen LogP contribution in [0, 0.1) is 19.3 Å². The number of aromatic amines is 1. The topological polar surface area (TPSA) is 242 Å². The van der Waals surface area contributed by atoms with E-state index in [1.165, 1.54) is 6.21 Å². The number of hydrogen-bond donors (Lipinski definition) is 7. The number of nitrogens with one attached hydrogen (secondary N) is 7. The molecule has 0 aliphatic carbocycles. The average Bonchev–Trinajstić information content (AvgIpc) is 3.58. The number of aromatic nitrogens is 2. The molecule has 4 aromatic rings. The first-order valence-corrected chi connectivity index (χ1v) is 23.9. The predicted molar refractivity (Wildman–Crippen MR) is 265 cm³/mol. The first-order valence-electron chi connectivity index (χ1n) is 23.9. The van der Waals surface area contributed by atoms with E-state index in [0.29, 0.717) is 54.1 Å². The number of unbranched alkanes of at least 4 members (excludes halogenated alkanes) is 4. The van der Waals surface area contributed by atoms with E-state index >= 15 is 0 Å². The van der Waals surface area contributed by atoms with Gasteiger partial charge in [-0.2, -0.15) is 0 Å². The molecule has 0 saturated carbocycles. The number of H-pyrrole nitrogens is 1. The van der Waals surface area contributed by atoms with Gasteiger partial charge in [-0.05, 0) is 101 Å². The molecule has 2 fully saturated rings. The fourth-order valence-corrected chi connectivity index (χ4v) is 9.14. The molecule has 2 aromatic heterocycles. The van der Waals surface area contributed by atoms with Crippen molar-refractivity contribution in [1.29, 1.82) is 5.41 Å². The zero-order chi connectivity index (χ0) is 49.2. The number of aryl methyl sites for hydroxylation is 2. The number of imide groups is 2. The number of pyridine rings is 2. The maximum Gasteiger partial charge on any atom is 0.264 e. The lowest BCUT2D eigenvalue weighted by Crippen LogP contribution is -2.54. The van der Waals surface area contributed by atoms with Gasteiger partial charge in [0.2, 0.25) is 17.7 Å². The Labute approximate surface area is 401 Å². The summed E-state index contributed by atoms with van der Waals surface area (Å²) in [6, 6.07) is 13.6. The zero-order valence-corrected chi connectivity index (χ0v) is 39.9. The maximum atomic E-state index is 13.7. The predicted octanol–water partition coefficient (Wildman–Crippen LogP) is 4.89. The fourth-order valence-electron chi connectivity index (χ4n) is 9.14. The first-order chi connectivity index (χ1) is 33.2. The van der Waals surface area contributed by atoms with Gasteiger partial charge in [-0.25, -0.2) is 4.98 Å². The summed E-state index contributed by atoms with van der Waals surface area (Å²) in [6.07, 6.45) is 8.22. The quantitative estimate of drug-likeness (QED) is 0.0336. The number of amides is 6. The Morgan fingerprint density at radius 2 is 1.62 bits per heavy atom. The van der Waals surface area contributed by atoms with Crippen LogP contribution in [0.5, 0.6) is 0 Å². The second-order valence-corrected chi connectivity index (χ2v) is 18.3. The van der Waals surface area contributed by atoms with E-state index in [2.05, 4.69) is 41.4 Å². The van der Waals surface area contributed by atoms with E-state index in [0.717, 1.165) is 91.4 Å². The lowest BCUT2D eigenvalue weighted by molar-refractivity contribution is -0.136. The number of carbonyl (C=O) groups is 6. The molecule has 7 N–H and O–H groups in total. The number of carbonyl (C=O) groups excluding carboxylic acids is 6. The van der Waals surface area contributed by atoms with Crippen molar-refractivity contribution in [2.75, 3.05) is 61.3 Å². The summed E-state index contributed by atoms with van der Waals surface area (Å²) in [5.41, 5.74) is 5.84. The maximum absolute atomic E-state index is 13.7. The largest absolute Gasteiger partial charge is 0.384 e. The van der Waals surface area contributed by atoms with Gasteiger partial charge in [-0.3, -0.25) is 48.7 Å². The minimum absolute atomic E-state index is 0.0381. The monoisotopic (exact) mass is 941 g/mol. The third kappa shape index (κ3) is 12.1. The highest BCUT2D eigenvalue weighted by molar-refractivity contribution is 6.25. The van der Waals surface area contributed by atoms with E-state index < -0.39 is 35.6 Å². The van der Waals surface area contributed by atoms with Gasteiger partial charge >= 0.3 is 0 Å². The van der Waals surface area contributed by atoms with Crippen molar-refractivity contribution in [3.8, 4) is 11.1 Å². The summed E-state index contributed by atoms with van der Waals surface area (Å²) in [5.74, 6) is -1.61. The number of benzene rings is 2. The molecule has 0 radical (unpaired) electrons. The summed E-state index contributed by atoms with van der Waals surface area (Å²) in [7, 11) is 0. The highest BCUT2D eigenvalue weighted by Gasteiger charge is 2.45. The highest BCUT2D eigenvalue weighted by atomic mass is 16.2. The summed E-state index contributed by atoms with van der Waals surface area (Å²) in [4.78, 5) is 103. The van der Waals surface area contributed by atoms with Gasteiger partial charge in [-0.15, -0.1) is 0 Å². The molecule has 3 aliphatic rings. The second kappa shape index (κ2) is 22.7. The van der Waals surface area contributed by atoms with Gasteiger partial charge in [-0.1, -0.05) is 25.3 Å². The Morgan fingerprint density at radius 1 is 0.870 bits per heavy atom. The minimum Gasteiger partial charge on any atom is -0.384 e. The molecule has 18 nitrogen and oxygen atoms in total. The first kappa shape index (κ1) is 49.7. The van der Waals surface area contributed by atoms with Gasteiger partial charge < -0.3 is 36.6 Å². The molecule has 1 unspecified atom stereocenters. The van der Waals surface area contributed by atoms with Crippen LogP contribution in [0.4, 0.5) is 17.2 Å². The molecule has 7 rings (SSSR count). The molecular weight excluding hydrogens is 879 g/mol. The van der Waals surface area contributed by atoms with Crippen molar-refractivity contribution in [3.05, 3.63) is 104 Å². The molecule has 5 heterocycles. The highest BCUT2D eigenvalue weighted by Crippen LogP contribution is 2.33. The molecule has 2 aromatic carbocycles. The van der Waals surface area contributed by atoms with Crippen LogP contribution in [0.3, 0.4) is 0 Å². The van der Waals surface area contributed by atoms with Crippen molar-refractivity contribution in [3.63, 3.8) is 0 Å². The number of piperazine rings is 1. The lowest BCUT2D eigenvalue weighted by atomic mass is 9.97. The number of rotatable bonds is 21. The molecular formula is C51H63N11O7. The fraction of sp³-hybridized carbons (Fsp3) is 0.431. The second-order valence-electron chi connectivity index (χ2n) is 18.3. The Kier molecular flexibility index (Phi) is 16.4. The standard InChI is InChI=1S/C51H63N11O7/c1-31(2)57-41-27-35(26-37(38(41)28-52)47(65)56-30-39-32(3)25-33(4)58-48(39)66)34-13-15-43(55-29-34)61-23-21-60(22-24-61)20-17-44(63)54-19-9-7-5-6-8-18-53-40-12-10-11-36-46(40)51(69)62(50(36)68)42-14-16-45(64)59-49(42)67/h10-13,15,25-29,31,42,52-53,57H,5-9,14,16-24,30H2,1-4H3,(H,54,63)(H,56,65)(H,58,66)(H,59,64,67). The molecule has 0 spiro atoms. The summed E-state index contributed by atoms with van der Waals surface area (Å²) in [6.45, 7) is 12.7. The van der Waals surface area contributed by atoms with Crippen molar-refractivity contribution < 1.29 is 28.8 Å². The van der Waals surface area contributed by atoms with Crippen LogP contribution in [0.15, 0.2) is 59.5 Å². The average molecular weight is 942 g/mol. The van der Waals surface area contributed by atoms with E-state index in [1.54, 1.807) is 30.5 Å². The smallest absolute Gasteiger partial charge is 0.264 e. The van der Waals surface area contributed by atoms with Crippen molar-refractivity contribution in [2.24, 2.45) is 0 Å². The molecule has 3 aliphatic heterocycles. The Balaban J connectivity index is 0.798. The number of fused-ring (bicyclic) bond motifs is 1. The van der Waals surface area contributed by atoms with Crippen molar-refractivity contribution in [2.45, 2.75) is 97.7 Å². The van der Waals surface area contributed by atoms with E-state index in [9.17, 15) is 33.6 Å². The van der Waals surface area contributed by atoms with Gasteiger partial charge in [0, 0.05) is 117 Å². The van der Waals surface area contributed by atoms with Gasteiger partial charge in [0.1, 0.15) is 11.9 Å². The summed E-state index contributed by atoms with van der Waals surface area (Å²) < 4.78 is 0. The van der Waals surface area contributed by atoms with Crippen molar-refractivity contribution in [1.82, 2.24) is 35.7 Å². The Hall–Kier alpha value is -7.21. The van der Waals surface area contributed by atoms with Crippen LogP contribution in [0.25, 0.3) is 11.1 Å². The number of hydrogen-bond acceptors (Lipinski definition) is 13. The Morgan fingerprint density at radius 3 is 2.32 bits per heavy atom. The third-order valence-electron chi connectivity index (χ3n) is 12.8. The molecule has 1 atom stereocenters. The molecule has 2 saturated heterocycles. The molecule has 69 heavy (non-hydrogen) atoms. The van der Waals surface area contributed by atoms with Gasteiger partial charge in [0.15, 0.2) is 0 Å². The summed E-state index contributed by atoms with van der Waals surface area (Å²) >= 11 is 0. The van der Waals surface area contributed by atoms with Crippen LogP contribution in [-0.4, -0.2) is 119 Å². The lowest BCUT2D eigenvalue weighted by Gasteiger charge is -2.35. The van der Waals surface area contributed by atoms with E-state index in [-0.39, 0.29) is 48.0 Å². The van der Waals surface area contributed by atoms with Crippen LogP contribution < -0.4 is 37.0 Å². The van der Waals surface area contributed by atoms with Crippen LogP contribution in [0.1, 0.15) is 119 Å².